The Morgan fingerprint density at radius 1 is 0.960 bits per heavy atom. The number of carbonyl (C=O) groups is 3. The summed E-state index contributed by atoms with van der Waals surface area (Å²) >= 11 is 0. The van der Waals surface area contributed by atoms with Crippen LogP contribution in [-0.4, -0.2) is 28.9 Å². The number of benzene rings is 2. The molecule has 0 bridgehead atoms. The van der Waals surface area contributed by atoms with Crippen molar-refractivity contribution in [2.45, 2.75) is 25.3 Å². The van der Waals surface area contributed by atoms with E-state index in [1.54, 1.807) is 0 Å². The van der Waals surface area contributed by atoms with Crippen LogP contribution in [0.2, 0.25) is 0 Å². The van der Waals surface area contributed by atoms with Crippen molar-refractivity contribution in [2.24, 2.45) is 5.73 Å². The Bertz CT molecular complexity index is 742. The Hall–Kier alpha value is -3.15. The number of nitrogens with two attached hydrogens (primary N) is 1. The lowest BCUT2D eigenvalue weighted by Crippen LogP contribution is -2.42. The van der Waals surface area contributed by atoms with Gasteiger partial charge in [0.25, 0.3) is 0 Å². The van der Waals surface area contributed by atoms with Gasteiger partial charge in [-0.3, -0.25) is 9.59 Å². The number of hydrogen-bond donors (Lipinski definition) is 3. The number of amides is 2. The second-order valence-electron chi connectivity index (χ2n) is 5.70. The molecule has 130 valence electrons. The Morgan fingerprint density at radius 2 is 1.56 bits per heavy atom. The molecule has 4 N–H and O–H groups in total. The summed E-state index contributed by atoms with van der Waals surface area (Å²) in [6.07, 6.45) is -0.0538. The standard InChI is InChI=1S/C19H20N2O4/c20-17(22)11-10-16(19(24)25)21-18(23)12-13-6-8-15(9-7-13)14-4-2-1-3-5-14/h1-9,16H,10-12H2,(H2,20,22)(H,21,23)(H,24,25). The summed E-state index contributed by atoms with van der Waals surface area (Å²) in [5, 5.41) is 11.5. The van der Waals surface area contributed by atoms with Gasteiger partial charge in [-0.1, -0.05) is 54.6 Å². The average Bonchev–Trinajstić information content (AvgIpc) is 2.59. The van der Waals surface area contributed by atoms with Gasteiger partial charge < -0.3 is 16.2 Å². The van der Waals surface area contributed by atoms with Crippen LogP contribution >= 0.6 is 0 Å². The van der Waals surface area contributed by atoms with E-state index in [0.717, 1.165) is 16.7 Å². The number of rotatable bonds is 8. The molecule has 2 amide bonds. The monoisotopic (exact) mass is 340 g/mol. The minimum Gasteiger partial charge on any atom is -0.480 e. The summed E-state index contributed by atoms with van der Waals surface area (Å²) in [5.74, 6) is -2.20. The van der Waals surface area contributed by atoms with Gasteiger partial charge >= 0.3 is 5.97 Å². The first-order chi connectivity index (χ1) is 12.0. The van der Waals surface area contributed by atoms with E-state index in [1.165, 1.54) is 0 Å². The summed E-state index contributed by atoms with van der Waals surface area (Å²) in [6, 6.07) is 16.2. The minimum absolute atomic E-state index is 0.0245. The number of carbonyl (C=O) groups excluding carboxylic acids is 2. The van der Waals surface area contributed by atoms with Crippen LogP contribution in [-0.2, 0) is 20.8 Å². The number of primary amides is 1. The molecule has 25 heavy (non-hydrogen) atoms. The average molecular weight is 340 g/mol. The van der Waals surface area contributed by atoms with Gasteiger partial charge in [0.2, 0.25) is 11.8 Å². The SMILES string of the molecule is NC(=O)CCC(NC(=O)Cc1ccc(-c2ccccc2)cc1)C(=O)O. The zero-order chi connectivity index (χ0) is 18.2. The predicted molar refractivity (Wildman–Crippen MR) is 93.6 cm³/mol. The van der Waals surface area contributed by atoms with E-state index in [4.69, 9.17) is 10.8 Å². The lowest BCUT2D eigenvalue weighted by atomic mass is 10.0. The van der Waals surface area contributed by atoms with Crippen molar-refractivity contribution in [3.63, 3.8) is 0 Å². The van der Waals surface area contributed by atoms with Gasteiger partial charge in [-0.05, 0) is 23.1 Å². The highest BCUT2D eigenvalue weighted by molar-refractivity contribution is 5.85. The molecule has 0 fully saturated rings. The Kier molecular flexibility index (Phi) is 6.28. The number of hydrogen-bond acceptors (Lipinski definition) is 3. The summed E-state index contributed by atoms with van der Waals surface area (Å²) in [6.45, 7) is 0. The summed E-state index contributed by atoms with van der Waals surface area (Å²) in [7, 11) is 0. The largest absolute Gasteiger partial charge is 0.480 e. The van der Waals surface area contributed by atoms with Crippen molar-refractivity contribution >= 4 is 17.8 Å². The first-order valence-electron chi connectivity index (χ1n) is 7.90. The van der Waals surface area contributed by atoms with Crippen LogP contribution in [0.1, 0.15) is 18.4 Å². The minimum atomic E-state index is -1.19. The van der Waals surface area contributed by atoms with E-state index in [1.807, 2.05) is 54.6 Å². The lowest BCUT2D eigenvalue weighted by molar-refractivity contribution is -0.142. The molecule has 0 saturated heterocycles. The van der Waals surface area contributed by atoms with Gasteiger partial charge in [-0.25, -0.2) is 4.79 Å². The fraction of sp³-hybridized carbons (Fsp3) is 0.211. The summed E-state index contributed by atoms with van der Waals surface area (Å²) < 4.78 is 0. The van der Waals surface area contributed by atoms with Gasteiger partial charge in [0.1, 0.15) is 6.04 Å². The van der Waals surface area contributed by atoms with Crippen LogP contribution in [0, 0.1) is 0 Å². The van der Waals surface area contributed by atoms with Gasteiger partial charge in [0.05, 0.1) is 6.42 Å². The third-order valence-electron chi connectivity index (χ3n) is 3.74. The molecule has 0 aromatic heterocycles. The van der Waals surface area contributed by atoms with E-state index >= 15 is 0 Å². The first-order valence-corrected chi connectivity index (χ1v) is 7.90. The highest BCUT2D eigenvalue weighted by atomic mass is 16.4. The maximum atomic E-state index is 12.0. The molecular weight excluding hydrogens is 320 g/mol. The highest BCUT2D eigenvalue weighted by Crippen LogP contribution is 2.19. The summed E-state index contributed by atoms with van der Waals surface area (Å²) in [5.41, 5.74) is 7.90. The van der Waals surface area contributed by atoms with Crippen LogP contribution in [0.15, 0.2) is 54.6 Å². The third-order valence-corrected chi connectivity index (χ3v) is 3.74. The molecular formula is C19H20N2O4. The third kappa shape index (κ3) is 5.76. The van der Waals surface area contributed by atoms with E-state index in [9.17, 15) is 14.4 Å². The Morgan fingerprint density at radius 3 is 2.12 bits per heavy atom. The molecule has 0 spiro atoms. The normalized spacial score (nSPS) is 11.5. The van der Waals surface area contributed by atoms with Crippen molar-refractivity contribution in [3.8, 4) is 11.1 Å². The molecule has 2 aromatic rings. The van der Waals surface area contributed by atoms with Gasteiger partial charge in [-0.15, -0.1) is 0 Å². The van der Waals surface area contributed by atoms with E-state index in [0.29, 0.717) is 0 Å². The van der Waals surface area contributed by atoms with Gasteiger partial charge in [0.15, 0.2) is 0 Å². The van der Waals surface area contributed by atoms with Crippen molar-refractivity contribution in [1.82, 2.24) is 5.32 Å². The number of aliphatic carboxylic acids is 1. The predicted octanol–water partition coefficient (Wildman–Crippen LogP) is 1.73. The first kappa shape index (κ1) is 18.2. The molecule has 0 aliphatic heterocycles. The maximum Gasteiger partial charge on any atom is 0.326 e. The van der Waals surface area contributed by atoms with Crippen LogP contribution in [0.25, 0.3) is 11.1 Å². The zero-order valence-corrected chi connectivity index (χ0v) is 13.6. The number of carboxylic acids is 1. The van der Waals surface area contributed by atoms with E-state index in [-0.39, 0.29) is 19.3 Å². The fourth-order valence-electron chi connectivity index (χ4n) is 2.42. The quantitative estimate of drug-likeness (QED) is 0.680. The molecule has 0 aliphatic rings. The van der Waals surface area contributed by atoms with Crippen LogP contribution in [0.5, 0.6) is 0 Å². The van der Waals surface area contributed by atoms with Crippen molar-refractivity contribution in [3.05, 3.63) is 60.2 Å². The molecule has 0 radical (unpaired) electrons. The molecule has 2 aromatic carbocycles. The molecule has 0 saturated carbocycles. The van der Waals surface area contributed by atoms with Crippen LogP contribution in [0.4, 0.5) is 0 Å². The second-order valence-corrected chi connectivity index (χ2v) is 5.70. The van der Waals surface area contributed by atoms with Crippen LogP contribution in [0.3, 0.4) is 0 Å². The molecule has 1 atom stereocenters. The zero-order valence-electron chi connectivity index (χ0n) is 13.6. The molecule has 2 rings (SSSR count). The van der Waals surface area contributed by atoms with Gasteiger partial charge in [-0.2, -0.15) is 0 Å². The second kappa shape index (κ2) is 8.63. The highest BCUT2D eigenvalue weighted by Gasteiger charge is 2.20. The molecule has 6 heteroatoms. The van der Waals surface area contributed by atoms with Crippen molar-refractivity contribution in [1.29, 1.82) is 0 Å². The lowest BCUT2D eigenvalue weighted by Gasteiger charge is -2.13. The van der Waals surface area contributed by atoms with E-state index < -0.39 is 23.8 Å². The molecule has 1 unspecified atom stereocenters. The number of carboxylic acid groups (broad SMARTS) is 1. The van der Waals surface area contributed by atoms with Crippen molar-refractivity contribution in [2.75, 3.05) is 0 Å². The molecule has 6 nitrogen and oxygen atoms in total. The van der Waals surface area contributed by atoms with Crippen molar-refractivity contribution < 1.29 is 19.5 Å². The number of nitrogens with one attached hydrogen (secondary N) is 1. The molecule has 0 heterocycles. The fourth-order valence-corrected chi connectivity index (χ4v) is 2.42. The Labute approximate surface area is 145 Å². The van der Waals surface area contributed by atoms with Gasteiger partial charge in [0, 0.05) is 6.42 Å². The topological polar surface area (TPSA) is 109 Å². The van der Waals surface area contributed by atoms with Crippen LogP contribution < -0.4 is 11.1 Å². The smallest absolute Gasteiger partial charge is 0.326 e. The molecule has 0 aliphatic carbocycles. The maximum absolute atomic E-state index is 12.0. The summed E-state index contributed by atoms with van der Waals surface area (Å²) in [4.78, 5) is 33.9. The Balaban J connectivity index is 1.95. The van der Waals surface area contributed by atoms with E-state index in [2.05, 4.69) is 5.32 Å².